The zero-order valence-corrected chi connectivity index (χ0v) is 13.8. The van der Waals surface area contributed by atoms with E-state index >= 15 is 0 Å². The Morgan fingerprint density at radius 1 is 1.05 bits per heavy atom. The molecule has 20 heavy (non-hydrogen) atoms. The predicted octanol–water partition coefficient (Wildman–Crippen LogP) is 5.23. The minimum absolute atomic E-state index is 0.442. The molecule has 0 spiro atoms. The second-order valence-corrected chi connectivity index (χ2v) is 7.28. The van der Waals surface area contributed by atoms with E-state index in [-0.39, 0.29) is 0 Å². The lowest BCUT2D eigenvalue weighted by Gasteiger charge is -2.32. The van der Waals surface area contributed by atoms with E-state index in [1.807, 2.05) is 0 Å². The molecule has 2 atom stereocenters. The van der Waals surface area contributed by atoms with Gasteiger partial charge in [-0.15, -0.1) is 0 Å². The molecule has 0 saturated heterocycles. The van der Waals surface area contributed by atoms with Crippen molar-refractivity contribution in [3.05, 3.63) is 16.1 Å². The highest BCUT2D eigenvalue weighted by molar-refractivity contribution is 7.00. The number of halogens is 2. The summed E-state index contributed by atoms with van der Waals surface area (Å²) in [5.74, 6) is 1.48. The molecule has 3 rings (SSSR count). The average molecular weight is 330 g/mol. The third-order valence-corrected chi connectivity index (χ3v) is 5.09. The van der Waals surface area contributed by atoms with Gasteiger partial charge in [0.2, 0.25) is 0 Å². The van der Waals surface area contributed by atoms with Crippen LogP contribution in [0, 0.1) is 11.8 Å². The van der Waals surface area contributed by atoms with Gasteiger partial charge in [-0.2, -0.15) is 8.75 Å². The van der Waals surface area contributed by atoms with Crippen molar-refractivity contribution in [1.29, 1.82) is 0 Å². The monoisotopic (exact) mass is 329 g/mol. The lowest BCUT2D eigenvalue weighted by molar-refractivity contribution is 0.281. The van der Waals surface area contributed by atoms with E-state index < -0.39 is 0 Å². The Kier molecular flexibility index (Phi) is 4.07. The SMILES string of the molecule is CC1CC(C)CC(Nc2c(Cl)cc(Cl)c3nsnc23)C1. The van der Waals surface area contributed by atoms with Crippen LogP contribution in [0.2, 0.25) is 10.0 Å². The fraction of sp³-hybridized carbons (Fsp3) is 0.571. The Labute approximate surface area is 133 Å². The van der Waals surface area contributed by atoms with Crippen LogP contribution >= 0.6 is 34.9 Å². The lowest BCUT2D eigenvalue weighted by atomic mass is 9.80. The van der Waals surface area contributed by atoms with Crippen LogP contribution in [-0.4, -0.2) is 14.8 Å². The molecule has 6 heteroatoms. The second kappa shape index (κ2) is 5.66. The molecule has 0 bridgehead atoms. The summed E-state index contributed by atoms with van der Waals surface area (Å²) in [6, 6.07) is 2.20. The fourth-order valence-electron chi connectivity index (χ4n) is 3.28. The van der Waals surface area contributed by atoms with Crippen molar-refractivity contribution in [1.82, 2.24) is 8.75 Å². The van der Waals surface area contributed by atoms with Crippen molar-refractivity contribution >= 4 is 51.7 Å². The first-order valence-corrected chi connectivity index (χ1v) is 8.40. The predicted molar refractivity (Wildman–Crippen MR) is 87.0 cm³/mol. The van der Waals surface area contributed by atoms with E-state index in [1.54, 1.807) is 6.07 Å². The van der Waals surface area contributed by atoms with Gasteiger partial charge in [0.1, 0.15) is 11.0 Å². The minimum atomic E-state index is 0.442. The van der Waals surface area contributed by atoms with Gasteiger partial charge in [-0.05, 0) is 37.2 Å². The van der Waals surface area contributed by atoms with Crippen LogP contribution in [0.4, 0.5) is 5.69 Å². The molecule has 1 aliphatic carbocycles. The molecule has 0 radical (unpaired) electrons. The van der Waals surface area contributed by atoms with Crippen LogP contribution in [0.1, 0.15) is 33.1 Å². The first-order valence-electron chi connectivity index (χ1n) is 6.91. The summed E-state index contributed by atoms with van der Waals surface area (Å²) in [5, 5.41) is 4.77. The summed E-state index contributed by atoms with van der Waals surface area (Å²) in [5.41, 5.74) is 2.41. The Balaban J connectivity index is 1.92. The largest absolute Gasteiger partial charge is 0.379 e. The highest BCUT2D eigenvalue weighted by Crippen LogP contribution is 2.38. The Hall–Kier alpha value is -0.580. The van der Waals surface area contributed by atoms with Gasteiger partial charge in [-0.3, -0.25) is 0 Å². The lowest BCUT2D eigenvalue weighted by Crippen LogP contribution is -2.30. The molecule has 1 heterocycles. The zero-order chi connectivity index (χ0) is 14.3. The van der Waals surface area contributed by atoms with E-state index in [0.29, 0.717) is 16.1 Å². The average Bonchev–Trinajstić information content (AvgIpc) is 2.82. The van der Waals surface area contributed by atoms with Crippen molar-refractivity contribution in [2.24, 2.45) is 11.8 Å². The second-order valence-electron chi connectivity index (χ2n) is 5.94. The van der Waals surface area contributed by atoms with Gasteiger partial charge < -0.3 is 5.32 Å². The summed E-state index contributed by atoms with van der Waals surface area (Å²) in [6.07, 6.45) is 3.64. The molecule has 1 aromatic heterocycles. The third kappa shape index (κ3) is 2.74. The first kappa shape index (κ1) is 14.4. The molecule has 0 aliphatic heterocycles. The summed E-state index contributed by atoms with van der Waals surface area (Å²) >= 11 is 13.7. The molecule has 1 aliphatic rings. The maximum atomic E-state index is 6.35. The number of nitrogens with one attached hydrogen (secondary N) is 1. The number of hydrogen-bond acceptors (Lipinski definition) is 4. The van der Waals surface area contributed by atoms with E-state index in [0.717, 1.165) is 28.6 Å². The van der Waals surface area contributed by atoms with Crippen LogP contribution < -0.4 is 5.32 Å². The number of hydrogen-bond donors (Lipinski definition) is 1. The quantitative estimate of drug-likeness (QED) is 0.819. The van der Waals surface area contributed by atoms with E-state index in [2.05, 4.69) is 27.9 Å². The smallest absolute Gasteiger partial charge is 0.130 e. The molecule has 1 aromatic carbocycles. The molecule has 2 aromatic rings. The van der Waals surface area contributed by atoms with Crippen LogP contribution in [0.25, 0.3) is 11.0 Å². The van der Waals surface area contributed by atoms with Crippen molar-refractivity contribution in [2.75, 3.05) is 5.32 Å². The van der Waals surface area contributed by atoms with Crippen molar-refractivity contribution in [3.63, 3.8) is 0 Å². The van der Waals surface area contributed by atoms with Gasteiger partial charge in [0.25, 0.3) is 0 Å². The van der Waals surface area contributed by atoms with E-state index in [9.17, 15) is 0 Å². The molecule has 3 nitrogen and oxygen atoms in total. The molecular formula is C14H17Cl2N3S. The number of anilines is 1. The molecule has 2 unspecified atom stereocenters. The van der Waals surface area contributed by atoms with Gasteiger partial charge >= 0.3 is 0 Å². The van der Waals surface area contributed by atoms with Crippen LogP contribution in [-0.2, 0) is 0 Å². The minimum Gasteiger partial charge on any atom is -0.379 e. The van der Waals surface area contributed by atoms with Crippen molar-refractivity contribution in [3.8, 4) is 0 Å². The van der Waals surface area contributed by atoms with Crippen LogP contribution in [0.15, 0.2) is 6.07 Å². The van der Waals surface area contributed by atoms with Crippen molar-refractivity contribution in [2.45, 2.75) is 39.2 Å². The Bertz CT molecular complexity index is 618. The van der Waals surface area contributed by atoms with Crippen LogP contribution in [0.3, 0.4) is 0 Å². The number of aromatic nitrogens is 2. The van der Waals surface area contributed by atoms with Gasteiger partial charge in [-0.25, -0.2) is 0 Å². The molecular weight excluding hydrogens is 313 g/mol. The number of benzene rings is 1. The Morgan fingerprint density at radius 2 is 1.70 bits per heavy atom. The molecule has 0 amide bonds. The maximum absolute atomic E-state index is 6.35. The normalized spacial score (nSPS) is 26.9. The van der Waals surface area contributed by atoms with Gasteiger partial charge in [-0.1, -0.05) is 37.0 Å². The molecule has 1 saturated carbocycles. The summed E-state index contributed by atoms with van der Waals surface area (Å²) in [6.45, 7) is 4.63. The number of fused-ring (bicyclic) bond motifs is 1. The molecule has 1 fully saturated rings. The number of rotatable bonds is 2. The third-order valence-electron chi connectivity index (χ3n) is 3.97. The highest BCUT2D eigenvalue weighted by Gasteiger charge is 2.25. The maximum Gasteiger partial charge on any atom is 0.130 e. The van der Waals surface area contributed by atoms with Gasteiger partial charge in [0.05, 0.1) is 27.5 Å². The topological polar surface area (TPSA) is 37.8 Å². The Morgan fingerprint density at radius 3 is 2.40 bits per heavy atom. The standard InChI is InChI=1S/C14H17Cl2N3S/c1-7-3-8(2)5-9(4-7)17-12-10(15)6-11(16)13-14(12)19-20-18-13/h6-9,17H,3-5H2,1-2H3. The highest BCUT2D eigenvalue weighted by atomic mass is 35.5. The molecule has 1 N–H and O–H groups in total. The molecule has 108 valence electrons. The summed E-state index contributed by atoms with van der Waals surface area (Å²) in [7, 11) is 0. The zero-order valence-electron chi connectivity index (χ0n) is 11.5. The summed E-state index contributed by atoms with van der Waals surface area (Å²) < 4.78 is 8.59. The van der Waals surface area contributed by atoms with Crippen molar-refractivity contribution < 1.29 is 0 Å². The fourth-order valence-corrected chi connectivity index (χ4v) is 4.45. The van der Waals surface area contributed by atoms with E-state index in [4.69, 9.17) is 23.2 Å². The van der Waals surface area contributed by atoms with Crippen LogP contribution in [0.5, 0.6) is 0 Å². The number of nitrogens with zero attached hydrogens (tertiary/aromatic N) is 2. The van der Waals surface area contributed by atoms with Gasteiger partial charge in [0.15, 0.2) is 0 Å². The first-order chi connectivity index (χ1) is 9.54. The van der Waals surface area contributed by atoms with Gasteiger partial charge in [0, 0.05) is 6.04 Å². The summed E-state index contributed by atoms with van der Waals surface area (Å²) in [4.78, 5) is 0. The van der Waals surface area contributed by atoms with E-state index in [1.165, 1.54) is 31.0 Å².